The number of ether oxygens (including phenoxy) is 2. The predicted molar refractivity (Wildman–Crippen MR) is 99.4 cm³/mol. The van der Waals surface area contributed by atoms with Gasteiger partial charge in [0.15, 0.2) is 0 Å². The summed E-state index contributed by atoms with van der Waals surface area (Å²) in [5.74, 6) is -0.497. The van der Waals surface area contributed by atoms with E-state index in [9.17, 15) is 9.59 Å². The molecule has 0 bridgehead atoms. The van der Waals surface area contributed by atoms with E-state index in [2.05, 4.69) is 0 Å². The van der Waals surface area contributed by atoms with E-state index in [0.29, 0.717) is 33.1 Å². The van der Waals surface area contributed by atoms with Gasteiger partial charge in [-0.3, -0.25) is 4.79 Å². The van der Waals surface area contributed by atoms with Gasteiger partial charge in [0.25, 0.3) is 0 Å². The highest BCUT2D eigenvalue weighted by atomic mass is 16.5. The molecule has 3 aromatic carbocycles. The molecule has 1 aromatic heterocycles. The Kier molecular flexibility index (Phi) is 3.77. The molecule has 0 saturated heterocycles. The van der Waals surface area contributed by atoms with E-state index in [-0.39, 0.29) is 0 Å². The van der Waals surface area contributed by atoms with E-state index < -0.39 is 11.9 Å². The molecule has 4 aromatic rings. The van der Waals surface area contributed by atoms with E-state index >= 15 is 0 Å². The van der Waals surface area contributed by atoms with Crippen LogP contribution in [0.4, 0.5) is 0 Å². The smallest absolute Gasteiger partial charge is 0.339 e. The highest BCUT2D eigenvalue weighted by molar-refractivity contribution is 6.20. The van der Waals surface area contributed by atoms with Crippen molar-refractivity contribution in [2.24, 2.45) is 0 Å². The van der Waals surface area contributed by atoms with E-state index in [1.807, 2.05) is 48.5 Å². The number of esters is 2. The summed E-state index contributed by atoms with van der Waals surface area (Å²) in [6, 6.07) is 16.6. The third-order valence-electron chi connectivity index (χ3n) is 4.30. The Hall–Kier alpha value is -3.47. The first-order valence-corrected chi connectivity index (χ1v) is 8.11. The van der Waals surface area contributed by atoms with Gasteiger partial charge in [-0.1, -0.05) is 42.5 Å². The lowest BCUT2D eigenvalue weighted by molar-refractivity contribution is -0.131. The SMILES string of the molecule is COC(=O)c1c2ccccc2nc2c1cc(OC(C)=O)c1ccccc12. The summed E-state index contributed by atoms with van der Waals surface area (Å²) in [5, 5.41) is 2.84. The van der Waals surface area contributed by atoms with Crippen molar-refractivity contribution >= 4 is 44.5 Å². The Balaban J connectivity index is 2.25. The van der Waals surface area contributed by atoms with Crippen LogP contribution in [0.15, 0.2) is 54.6 Å². The number of pyridine rings is 1. The van der Waals surface area contributed by atoms with Crippen molar-refractivity contribution in [2.45, 2.75) is 6.92 Å². The number of benzene rings is 3. The first kappa shape index (κ1) is 16.0. The third-order valence-corrected chi connectivity index (χ3v) is 4.30. The molecular weight excluding hydrogens is 330 g/mol. The number of aromatic nitrogens is 1. The maximum Gasteiger partial charge on any atom is 0.339 e. The van der Waals surface area contributed by atoms with Gasteiger partial charge < -0.3 is 9.47 Å². The van der Waals surface area contributed by atoms with E-state index in [1.165, 1.54) is 14.0 Å². The largest absolute Gasteiger partial charge is 0.465 e. The average molecular weight is 345 g/mol. The Bertz CT molecular complexity index is 1200. The number of methoxy groups -OCH3 is 1. The van der Waals surface area contributed by atoms with Gasteiger partial charge in [0.1, 0.15) is 5.75 Å². The first-order chi connectivity index (χ1) is 12.6. The van der Waals surface area contributed by atoms with Crippen molar-refractivity contribution in [1.29, 1.82) is 0 Å². The molecule has 4 rings (SSSR count). The van der Waals surface area contributed by atoms with E-state index in [1.54, 1.807) is 6.07 Å². The van der Waals surface area contributed by atoms with Crippen molar-refractivity contribution in [1.82, 2.24) is 4.98 Å². The summed E-state index contributed by atoms with van der Waals surface area (Å²) in [6.07, 6.45) is 0. The standard InChI is InChI=1S/C21H15NO4/c1-12(23)26-18-11-16-19(21(24)25-2)15-9-5-6-10-17(15)22-20(16)14-8-4-3-7-13(14)18/h3-11H,1-2H3. The second-order valence-corrected chi connectivity index (χ2v) is 5.91. The van der Waals surface area contributed by atoms with Crippen LogP contribution in [0.3, 0.4) is 0 Å². The zero-order valence-electron chi connectivity index (χ0n) is 14.3. The molecule has 1 heterocycles. The van der Waals surface area contributed by atoms with Crippen molar-refractivity contribution in [2.75, 3.05) is 7.11 Å². The minimum atomic E-state index is -0.461. The lowest BCUT2D eigenvalue weighted by Gasteiger charge is -2.13. The minimum Gasteiger partial charge on any atom is -0.465 e. The van der Waals surface area contributed by atoms with Gasteiger partial charge in [-0.15, -0.1) is 0 Å². The fourth-order valence-corrected chi connectivity index (χ4v) is 3.25. The fraction of sp³-hybridized carbons (Fsp3) is 0.0952. The summed E-state index contributed by atoms with van der Waals surface area (Å²) in [7, 11) is 1.34. The van der Waals surface area contributed by atoms with Crippen LogP contribution in [0.25, 0.3) is 32.6 Å². The average Bonchev–Trinajstić information content (AvgIpc) is 2.65. The number of nitrogens with zero attached hydrogens (tertiary/aromatic N) is 1. The van der Waals surface area contributed by atoms with Crippen LogP contribution in [-0.2, 0) is 9.53 Å². The van der Waals surface area contributed by atoms with Gasteiger partial charge in [0.05, 0.1) is 23.7 Å². The van der Waals surface area contributed by atoms with Crippen LogP contribution in [0.5, 0.6) is 5.75 Å². The topological polar surface area (TPSA) is 65.5 Å². The number of para-hydroxylation sites is 1. The number of carbonyl (C=O) groups is 2. The Morgan fingerprint density at radius 2 is 1.54 bits per heavy atom. The molecule has 0 radical (unpaired) electrons. The van der Waals surface area contributed by atoms with Crippen LogP contribution >= 0.6 is 0 Å². The number of carbonyl (C=O) groups excluding carboxylic acids is 2. The summed E-state index contributed by atoms with van der Waals surface area (Å²) in [6.45, 7) is 1.35. The van der Waals surface area contributed by atoms with Gasteiger partial charge in [-0.05, 0) is 12.1 Å². The lowest BCUT2D eigenvalue weighted by Crippen LogP contribution is -2.06. The second kappa shape index (κ2) is 6.11. The molecule has 0 fully saturated rings. The molecule has 0 aliphatic rings. The number of rotatable bonds is 2. The molecule has 0 amide bonds. The first-order valence-electron chi connectivity index (χ1n) is 8.11. The van der Waals surface area contributed by atoms with Gasteiger partial charge in [-0.2, -0.15) is 0 Å². The molecule has 0 saturated carbocycles. The van der Waals surface area contributed by atoms with E-state index in [0.717, 1.165) is 10.8 Å². The second-order valence-electron chi connectivity index (χ2n) is 5.91. The summed E-state index contributed by atoms with van der Waals surface area (Å²) in [5.41, 5.74) is 1.77. The van der Waals surface area contributed by atoms with Crippen molar-refractivity contribution < 1.29 is 19.1 Å². The van der Waals surface area contributed by atoms with Gasteiger partial charge in [0, 0.05) is 28.5 Å². The number of hydrogen-bond donors (Lipinski definition) is 0. The molecular formula is C21H15NO4. The van der Waals surface area contributed by atoms with Crippen LogP contribution in [0, 0.1) is 0 Å². The quantitative estimate of drug-likeness (QED) is 0.235. The van der Waals surface area contributed by atoms with Crippen molar-refractivity contribution in [3.63, 3.8) is 0 Å². The Labute approximate surface area is 149 Å². The van der Waals surface area contributed by atoms with Crippen LogP contribution < -0.4 is 4.74 Å². The predicted octanol–water partition coefficient (Wildman–Crippen LogP) is 4.25. The molecule has 0 aliphatic carbocycles. The van der Waals surface area contributed by atoms with E-state index in [4.69, 9.17) is 14.5 Å². The Morgan fingerprint density at radius 3 is 2.23 bits per heavy atom. The zero-order chi connectivity index (χ0) is 18.3. The highest BCUT2D eigenvalue weighted by Gasteiger charge is 2.20. The van der Waals surface area contributed by atoms with Crippen LogP contribution in [-0.4, -0.2) is 24.0 Å². The molecule has 0 spiro atoms. The molecule has 5 heteroatoms. The molecule has 0 atom stereocenters. The highest BCUT2D eigenvalue weighted by Crippen LogP contribution is 2.36. The van der Waals surface area contributed by atoms with Crippen LogP contribution in [0.2, 0.25) is 0 Å². The van der Waals surface area contributed by atoms with Gasteiger partial charge >= 0.3 is 11.9 Å². The zero-order valence-corrected chi connectivity index (χ0v) is 14.3. The summed E-state index contributed by atoms with van der Waals surface area (Å²) >= 11 is 0. The minimum absolute atomic E-state index is 0.392. The molecule has 0 unspecified atom stereocenters. The molecule has 128 valence electrons. The van der Waals surface area contributed by atoms with Crippen molar-refractivity contribution in [3.05, 3.63) is 60.2 Å². The Morgan fingerprint density at radius 1 is 0.885 bits per heavy atom. The number of fused-ring (bicyclic) bond motifs is 4. The van der Waals surface area contributed by atoms with Gasteiger partial charge in [0.2, 0.25) is 0 Å². The van der Waals surface area contributed by atoms with Gasteiger partial charge in [-0.25, -0.2) is 9.78 Å². The maximum atomic E-state index is 12.6. The van der Waals surface area contributed by atoms with Crippen molar-refractivity contribution in [3.8, 4) is 5.75 Å². The molecule has 5 nitrogen and oxygen atoms in total. The third kappa shape index (κ3) is 2.45. The summed E-state index contributed by atoms with van der Waals surface area (Å²) in [4.78, 5) is 28.9. The molecule has 0 aliphatic heterocycles. The monoisotopic (exact) mass is 345 g/mol. The summed E-state index contributed by atoms with van der Waals surface area (Å²) < 4.78 is 10.4. The maximum absolute atomic E-state index is 12.6. The van der Waals surface area contributed by atoms with Crippen LogP contribution in [0.1, 0.15) is 17.3 Å². The number of hydrogen-bond acceptors (Lipinski definition) is 5. The molecule has 26 heavy (non-hydrogen) atoms. The fourth-order valence-electron chi connectivity index (χ4n) is 3.25. The normalized spacial score (nSPS) is 11.0. The lowest BCUT2D eigenvalue weighted by atomic mass is 9.98. The molecule has 0 N–H and O–H groups in total.